The summed E-state index contributed by atoms with van der Waals surface area (Å²) in [5.74, 6) is -0.698. The van der Waals surface area contributed by atoms with E-state index in [1.807, 2.05) is 60.7 Å². The van der Waals surface area contributed by atoms with Crippen molar-refractivity contribution < 1.29 is 15.0 Å². The first kappa shape index (κ1) is 29.7. The normalized spacial score (nSPS) is 28.6. The lowest BCUT2D eigenvalue weighted by atomic mass is 9.61. The molecule has 216 valence electrons. The Morgan fingerprint density at radius 3 is 1.90 bits per heavy atom. The number of ketones is 1. The summed E-state index contributed by atoms with van der Waals surface area (Å²) in [4.78, 5) is 9.44. The van der Waals surface area contributed by atoms with E-state index in [0.717, 1.165) is 33.4 Å². The molecule has 0 heterocycles. The Kier molecular flexibility index (Phi) is 7.75. The van der Waals surface area contributed by atoms with Gasteiger partial charge in [0.15, 0.2) is 0 Å². The van der Waals surface area contributed by atoms with Gasteiger partial charge in [0.05, 0.1) is 6.10 Å². The Hall–Kier alpha value is -2.37. The van der Waals surface area contributed by atoms with Gasteiger partial charge in [-0.2, -0.15) is 0 Å². The van der Waals surface area contributed by atoms with Crippen molar-refractivity contribution >= 4 is 52.2 Å². The van der Waals surface area contributed by atoms with Crippen molar-refractivity contribution in [3.63, 3.8) is 0 Å². The Labute approximate surface area is 266 Å². The molecular weight excluding hydrogens is 610 g/mol. The van der Waals surface area contributed by atoms with Crippen molar-refractivity contribution in [2.24, 2.45) is 11.3 Å². The molecule has 7 rings (SSSR count). The van der Waals surface area contributed by atoms with E-state index >= 15 is 0 Å². The molecule has 1 fully saturated rings. The summed E-state index contributed by atoms with van der Waals surface area (Å²) in [5, 5.41) is 27.7. The van der Waals surface area contributed by atoms with Crippen LogP contribution >= 0.6 is 46.4 Å². The zero-order valence-electron chi connectivity index (χ0n) is 23.1. The third-order valence-corrected chi connectivity index (χ3v) is 10.5. The van der Waals surface area contributed by atoms with Gasteiger partial charge in [-0.25, -0.2) is 0 Å². The van der Waals surface area contributed by atoms with E-state index in [1.165, 1.54) is 13.8 Å². The van der Waals surface area contributed by atoms with Crippen molar-refractivity contribution in [2.45, 2.75) is 50.2 Å². The number of carbonyl (C=O) groups excluding carboxylic acids is 1. The molecule has 2 N–H and O–H groups in total. The molecule has 3 aliphatic carbocycles. The Balaban J connectivity index is 0.000000744. The number of aliphatic hydroxyl groups excluding tert-OH is 1. The van der Waals surface area contributed by atoms with Crippen molar-refractivity contribution in [2.75, 3.05) is 0 Å². The van der Waals surface area contributed by atoms with Crippen LogP contribution in [0.2, 0.25) is 20.1 Å². The van der Waals surface area contributed by atoms with Crippen molar-refractivity contribution in [1.29, 1.82) is 0 Å². The maximum atomic E-state index is 13.2. The van der Waals surface area contributed by atoms with E-state index in [9.17, 15) is 15.0 Å². The van der Waals surface area contributed by atoms with E-state index in [4.69, 9.17) is 46.4 Å². The molecular formula is C35H30Cl4O3. The van der Waals surface area contributed by atoms with E-state index in [2.05, 4.69) is 12.1 Å². The van der Waals surface area contributed by atoms with Crippen LogP contribution in [0.25, 0.3) is 0 Å². The van der Waals surface area contributed by atoms with Crippen LogP contribution in [-0.2, 0) is 23.2 Å². The summed E-state index contributed by atoms with van der Waals surface area (Å²) in [6.07, 6.45) is 0.227. The molecule has 0 aromatic heterocycles. The van der Waals surface area contributed by atoms with Gasteiger partial charge in [-0.1, -0.05) is 107 Å². The second-order valence-corrected chi connectivity index (χ2v) is 13.5. The molecule has 4 aromatic carbocycles. The average molecular weight is 640 g/mol. The van der Waals surface area contributed by atoms with E-state index in [0.29, 0.717) is 32.9 Å². The Bertz CT molecular complexity index is 1700. The molecule has 0 radical (unpaired) electrons. The maximum absolute atomic E-state index is 13.2. The van der Waals surface area contributed by atoms with E-state index < -0.39 is 17.1 Å². The van der Waals surface area contributed by atoms with Crippen LogP contribution in [0, 0.1) is 11.3 Å². The summed E-state index contributed by atoms with van der Waals surface area (Å²) in [6, 6.07) is 27.1. The molecule has 0 bridgehead atoms. The number of fused-ring (bicyclic) bond motifs is 5. The van der Waals surface area contributed by atoms with Gasteiger partial charge in [0.2, 0.25) is 0 Å². The quantitative estimate of drug-likeness (QED) is 0.230. The number of rotatable bonds is 2. The molecule has 1 saturated carbocycles. The van der Waals surface area contributed by atoms with Crippen LogP contribution in [0.15, 0.2) is 84.9 Å². The minimum absolute atomic E-state index is 0.167. The van der Waals surface area contributed by atoms with Gasteiger partial charge < -0.3 is 15.0 Å². The molecule has 0 aliphatic heterocycles. The zero-order valence-corrected chi connectivity index (χ0v) is 26.1. The van der Waals surface area contributed by atoms with Gasteiger partial charge in [-0.15, -0.1) is 0 Å². The third kappa shape index (κ3) is 4.36. The average Bonchev–Trinajstić information content (AvgIpc) is 3.48. The fraction of sp³-hybridized carbons (Fsp3) is 0.286. The number of halogens is 4. The van der Waals surface area contributed by atoms with Crippen LogP contribution in [0.1, 0.15) is 65.2 Å². The summed E-state index contributed by atoms with van der Waals surface area (Å²) < 4.78 is 0. The lowest BCUT2D eigenvalue weighted by molar-refractivity contribution is -0.145. The molecule has 4 aromatic rings. The molecule has 42 heavy (non-hydrogen) atoms. The minimum Gasteiger partial charge on any atom is -0.388 e. The number of benzene rings is 4. The smallest absolute Gasteiger partial charge is 0.126 e. The zero-order chi connectivity index (χ0) is 30.0. The lowest BCUT2D eigenvalue weighted by Crippen LogP contribution is -2.48. The van der Waals surface area contributed by atoms with E-state index in [1.54, 1.807) is 12.1 Å². The van der Waals surface area contributed by atoms with Gasteiger partial charge in [0.1, 0.15) is 11.4 Å². The van der Waals surface area contributed by atoms with Crippen LogP contribution in [0.5, 0.6) is 0 Å². The van der Waals surface area contributed by atoms with Gasteiger partial charge in [-0.3, -0.25) is 0 Å². The van der Waals surface area contributed by atoms with Crippen LogP contribution in [-0.4, -0.2) is 16.0 Å². The first-order valence-corrected chi connectivity index (χ1v) is 15.5. The third-order valence-electron chi connectivity index (χ3n) is 9.40. The largest absolute Gasteiger partial charge is 0.388 e. The monoisotopic (exact) mass is 638 g/mol. The van der Waals surface area contributed by atoms with Crippen LogP contribution in [0.4, 0.5) is 0 Å². The molecule has 0 amide bonds. The van der Waals surface area contributed by atoms with E-state index in [-0.39, 0.29) is 23.5 Å². The highest BCUT2D eigenvalue weighted by Gasteiger charge is 2.75. The summed E-state index contributed by atoms with van der Waals surface area (Å²) >= 11 is 26.5. The molecule has 1 spiro atoms. The van der Waals surface area contributed by atoms with Crippen molar-refractivity contribution in [1.82, 2.24) is 0 Å². The predicted octanol–water partition coefficient (Wildman–Crippen LogP) is 9.11. The summed E-state index contributed by atoms with van der Waals surface area (Å²) in [5.41, 5.74) is 3.25. The fourth-order valence-corrected chi connectivity index (χ4v) is 9.15. The first-order chi connectivity index (χ1) is 20.0. The van der Waals surface area contributed by atoms with Gasteiger partial charge in [0, 0.05) is 37.3 Å². The fourth-order valence-electron chi connectivity index (χ4n) is 8.09. The molecule has 3 aliphatic rings. The number of hydrogen-bond acceptors (Lipinski definition) is 3. The number of carbonyl (C=O) groups is 1. The van der Waals surface area contributed by atoms with Gasteiger partial charge in [-0.05, 0) is 90.3 Å². The molecule has 3 nitrogen and oxygen atoms in total. The molecule has 6 atom stereocenters. The highest BCUT2D eigenvalue weighted by Crippen LogP contribution is 2.77. The van der Waals surface area contributed by atoms with Crippen LogP contribution < -0.4 is 0 Å². The SMILES string of the molecule is CC(C)=O.O[C@@H]1c2ccccc2C[C@]12[C@H](c1ccc(Cl)cc1Cl)[C@@H](c1ccc(Cl)cc1Cl)[C@H]1Cc3ccccc3[C@]12O. The number of aliphatic hydroxyl groups is 2. The number of Topliss-reactive ketones (excluding diaryl/α,β-unsaturated/α-hetero) is 1. The standard InChI is InChI=1S/C32H24Cl4O2.C3H6O/c33-19-9-11-22(26(35)14-19)28-25-13-17-5-2-4-8-24(17)32(25,38)31(16-18-6-1-3-7-21(18)30(31)37)29(28)23-12-10-20(34)15-27(23)36;1-3(2)4/h1-12,14-15,25,28-30,37-38H,13,16H2;1-2H3/t25-,28+,29-,30-,31+,32+;/m1./s1. The summed E-state index contributed by atoms with van der Waals surface area (Å²) in [7, 11) is 0. The number of hydrogen-bond donors (Lipinski definition) is 2. The second-order valence-electron chi connectivity index (χ2n) is 11.8. The van der Waals surface area contributed by atoms with Gasteiger partial charge in [0.25, 0.3) is 0 Å². The lowest BCUT2D eigenvalue weighted by Gasteiger charge is -2.46. The maximum Gasteiger partial charge on any atom is 0.126 e. The first-order valence-electron chi connectivity index (χ1n) is 13.9. The van der Waals surface area contributed by atoms with Crippen molar-refractivity contribution in [3.8, 4) is 0 Å². The van der Waals surface area contributed by atoms with Gasteiger partial charge >= 0.3 is 0 Å². The summed E-state index contributed by atoms with van der Waals surface area (Å²) in [6.45, 7) is 3.06. The molecule has 0 saturated heterocycles. The highest BCUT2D eigenvalue weighted by atomic mass is 35.5. The second kappa shape index (κ2) is 11.0. The Morgan fingerprint density at radius 1 is 0.762 bits per heavy atom. The molecule has 0 unspecified atom stereocenters. The predicted molar refractivity (Wildman–Crippen MR) is 170 cm³/mol. The van der Waals surface area contributed by atoms with Crippen molar-refractivity contribution in [3.05, 3.63) is 138 Å². The molecule has 7 heteroatoms. The Morgan fingerprint density at radius 2 is 1.31 bits per heavy atom. The highest BCUT2D eigenvalue weighted by molar-refractivity contribution is 6.35. The topological polar surface area (TPSA) is 57.5 Å². The minimum atomic E-state index is -1.34. The van der Waals surface area contributed by atoms with Crippen LogP contribution in [0.3, 0.4) is 0 Å².